The molecule has 0 amide bonds. The first kappa shape index (κ1) is 12.0. The van der Waals surface area contributed by atoms with Gasteiger partial charge in [-0.25, -0.2) is 0 Å². The lowest BCUT2D eigenvalue weighted by Gasteiger charge is -2.14. The number of hydrogen-bond acceptors (Lipinski definition) is 4. The predicted molar refractivity (Wildman–Crippen MR) is 47.4 cm³/mol. The fourth-order valence-corrected chi connectivity index (χ4v) is 2.01. The molecule has 0 bridgehead atoms. The van der Waals surface area contributed by atoms with Crippen LogP contribution in [0.4, 0.5) is 0 Å². The van der Waals surface area contributed by atoms with Gasteiger partial charge in [-0.05, 0) is 13.8 Å². The Kier molecular flexibility index (Phi) is 5.59. The van der Waals surface area contributed by atoms with Crippen molar-refractivity contribution in [2.75, 3.05) is 13.2 Å². The average Bonchev–Trinajstić information content (AvgIpc) is 2.04. The molecule has 1 N–H and O–H groups in total. The van der Waals surface area contributed by atoms with Crippen LogP contribution in [0, 0.1) is 0 Å². The second kappa shape index (κ2) is 5.60. The van der Waals surface area contributed by atoms with E-state index in [9.17, 15) is 4.57 Å². The highest BCUT2D eigenvalue weighted by molar-refractivity contribution is 7.61. The van der Waals surface area contributed by atoms with Crippen LogP contribution in [-0.4, -0.2) is 18.3 Å². The Morgan fingerprint density at radius 3 is 2.17 bits per heavy atom. The van der Waals surface area contributed by atoms with Gasteiger partial charge in [0.1, 0.15) is 6.26 Å². The van der Waals surface area contributed by atoms with Crippen molar-refractivity contribution in [2.45, 2.75) is 13.8 Å². The summed E-state index contributed by atoms with van der Waals surface area (Å²) >= 11 is 5.43. The largest absolute Gasteiger partial charge is 0.514 e. The molecule has 0 aromatic heterocycles. The Hall–Kier alpha value is -0.0200. The summed E-state index contributed by atoms with van der Waals surface area (Å²) in [7, 11) is -3.43. The van der Waals surface area contributed by atoms with Crippen molar-refractivity contribution in [1.29, 1.82) is 0 Å². The van der Waals surface area contributed by atoms with Gasteiger partial charge in [0.25, 0.3) is 0 Å². The van der Waals surface area contributed by atoms with Crippen molar-refractivity contribution in [3.05, 3.63) is 11.0 Å². The summed E-state index contributed by atoms with van der Waals surface area (Å²) in [5.41, 5.74) is 0. The normalized spacial score (nSPS) is 13.4. The zero-order valence-electron chi connectivity index (χ0n) is 6.99. The Balaban J connectivity index is 4.50. The van der Waals surface area contributed by atoms with E-state index < -0.39 is 7.60 Å². The summed E-state index contributed by atoms with van der Waals surface area (Å²) in [6, 6.07) is 0. The molecule has 72 valence electrons. The Morgan fingerprint density at radius 2 is 1.92 bits per heavy atom. The molecule has 0 unspecified atom stereocenters. The van der Waals surface area contributed by atoms with Crippen LogP contribution in [0.3, 0.4) is 0 Å². The quantitative estimate of drug-likeness (QED) is 0.565. The molecule has 6 heteroatoms. The molecule has 0 aliphatic carbocycles. The lowest BCUT2D eigenvalue weighted by molar-refractivity contribution is 0.227. The van der Waals surface area contributed by atoms with Crippen LogP contribution >= 0.6 is 19.2 Å². The summed E-state index contributed by atoms with van der Waals surface area (Å²) < 4.78 is 20.8. The molecule has 0 radical (unpaired) electrons. The molecule has 0 saturated heterocycles. The van der Waals surface area contributed by atoms with Gasteiger partial charge in [0.05, 0.1) is 13.2 Å². The van der Waals surface area contributed by atoms with Crippen LogP contribution in [-0.2, 0) is 13.6 Å². The van der Waals surface area contributed by atoms with Gasteiger partial charge in [-0.1, -0.05) is 11.6 Å². The number of halogens is 1. The fraction of sp³-hybridized carbons (Fsp3) is 0.667. The highest BCUT2D eigenvalue weighted by Crippen LogP contribution is 2.57. The van der Waals surface area contributed by atoms with E-state index in [1.54, 1.807) is 13.8 Å². The molecular formula is C6H12ClO4P. The molecule has 0 heterocycles. The van der Waals surface area contributed by atoms with Gasteiger partial charge in [0, 0.05) is 0 Å². The van der Waals surface area contributed by atoms with E-state index in [2.05, 4.69) is 0 Å². The minimum Gasteiger partial charge on any atom is -0.514 e. The van der Waals surface area contributed by atoms with Crippen molar-refractivity contribution in [3.8, 4) is 0 Å². The van der Waals surface area contributed by atoms with Gasteiger partial charge in [-0.15, -0.1) is 0 Å². The van der Waals surface area contributed by atoms with Crippen molar-refractivity contribution in [2.24, 2.45) is 0 Å². The van der Waals surface area contributed by atoms with Crippen molar-refractivity contribution >= 4 is 19.2 Å². The third kappa shape index (κ3) is 3.15. The van der Waals surface area contributed by atoms with Gasteiger partial charge < -0.3 is 14.2 Å². The number of hydrogen-bond donors (Lipinski definition) is 1. The maximum Gasteiger partial charge on any atom is 0.375 e. The van der Waals surface area contributed by atoms with Crippen LogP contribution in [0.2, 0.25) is 0 Å². The van der Waals surface area contributed by atoms with Crippen molar-refractivity contribution < 1.29 is 18.7 Å². The Morgan fingerprint density at radius 1 is 1.50 bits per heavy atom. The molecule has 0 saturated carbocycles. The van der Waals surface area contributed by atoms with E-state index in [1.807, 2.05) is 0 Å². The molecular weight excluding hydrogens is 202 g/mol. The van der Waals surface area contributed by atoms with Crippen LogP contribution < -0.4 is 0 Å². The predicted octanol–water partition coefficient (Wildman–Crippen LogP) is 2.85. The first-order valence-corrected chi connectivity index (χ1v) is 5.42. The zero-order valence-corrected chi connectivity index (χ0v) is 8.64. The zero-order chi connectivity index (χ0) is 9.61. The molecule has 0 rings (SSSR count). The standard InChI is InChI=1S/C6H12ClO4P/c1-3-10-12(9,11-4-2)6(7)5-8/h5,8H,3-4H2,1-2H3/b6-5-. The molecule has 0 atom stereocenters. The lowest BCUT2D eigenvalue weighted by atomic mass is 10.9. The third-order valence-corrected chi connectivity index (χ3v) is 3.52. The minimum atomic E-state index is -3.43. The van der Waals surface area contributed by atoms with E-state index in [0.717, 1.165) is 0 Å². The summed E-state index contributed by atoms with van der Waals surface area (Å²) in [6.07, 6.45) is 0.521. The second-order valence-electron chi connectivity index (χ2n) is 1.78. The Labute approximate surface area is 76.7 Å². The van der Waals surface area contributed by atoms with Crippen LogP contribution in [0.1, 0.15) is 13.8 Å². The summed E-state index contributed by atoms with van der Waals surface area (Å²) in [4.78, 5) is 0. The number of aliphatic hydroxyl groups is 1. The smallest absolute Gasteiger partial charge is 0.375 e. The molecule has 12 heavy (non-hydrogen) atoms. The van der Waals surface area contributed by atoms with Crippen molar-refractivity contribution in [1.82, 2.24) is 0 Å². The summed E-state index contributed by atoms with van der Waals surface area (Å²) in [6.45, 7) is 3.74. The van der Waals surface area contributed by atoms with E-state index in [0.29, 0.717) is 6.26 Å². The van der Waals surface area contributed by atoms with Crippen molar-refractivity contribution in [3.63, 3.8) is 0 Å². The Bertz CT molecular complexity index is 194. The first-order valence-electron chi connectivity index (χ1n) is 3.50. The summed E-state index contributed by atoms with van der Waals surface area (Å²) in [5.74, 6) is 0. The first-order chi connectivity index (χ1) is 5.60. The van der Waals surface area contributed by atoms with Gasteiger partial charge in [-0.3, -0.25) is 4.57 Å². The average molecular weight is 215 g/mol. The molecule has 0 aromatic carbocycles. The monoisotopic (exact) mass is 214 g/mol. The molecule has 0 aromatic rings. The van der Waals surface area contributed by atoms with E-state index in [4.69, 9.17) is 25.8 Å². The molecule has 4 nitrogen and oxygen atoms in total. The maximum absolute atomic E-state index is 11.5. The summed E-state index contributed by atoms with van der Waals surface area (Å²) in [5, 5.41) is 8.50. The van der Waals surface area contributed by atoms with Gasteiger partial charge in [0.2, 0.25) is 0 Å². The van der Waals surface area contributed by atoms with E-state index >= 15 is 0 Å². The van der Waals surface area contributed by atoms with Gasteiger partial charge >= 0.3 is 7.60 Å². The molecule has 0 spiro atoms. The van der Waals surface area contributed by atoms with E-state index in [1.165, 1.54) is 0 Å². The molecule has 0 fully saturated rings. The maximum atomic E-state index is 11.5. The highest BCUT2D eigenvalue weighted by Gasteiger charge is 2.28. The SMILES string of the molecule is CCOP(=O)(OCC)/C(Cl)=C\O. The minimum absolute atomic E-state index is 0.210. The van der Waals surface area contributed by atoms with Crippen LogP contribution in [0.25, 0.3) is 0 Å². The number of rotatable bonds is 5. The number of aliphatic hydroxyl groups excluding tert-OH is 1. The lowest BCUT2D eigenvalue weighted by Crippen LogP contribution is -1.95. The fourth-order valence-electron chi connectivity index (χ4n) is 0.571. The van der Waals surface area contributed by atoms with Crippen LogP contribution in [0.15, 0.2) is 11.0 Å². The third-order valence-electron chi connectivity index (χ3n) is 0.966. The highest BCUT2D eigenvalue weighted by atomic mass is 35.5. The van der Waals surface area contributed by atoms with Crippen LogP contribution in [0.5, 0.6) is 0 Å². The van der Waals surface area contributed by atoms with Gasteiger partial charge in [-0.2, -0.15) is 0 Å². The topological polar surface area (TPSA) is 55.8 Å². The van der Waals surface area contributed by atoms with E-state index in [-0.39, 0.29) is 18.0 Å². The molecule has 0 aliphatic rings. The second-order valence-corrected chi connectivity index (χ2v) is 4.45. The van der Waals surface area contributed by atoms with Gasteiger partial charge in [0.15, 0.2) is 4.77 Å². The molecule has 0 aliphatic heterocycles.